The second-order valence-electron chi connectivity index (χ2n) is 5.98. The molecule has 1 aromatic carbocycles. The summed E-state index contributed by atoms with van der Waals surface area (Å²) in [5, 5.41) is 0. The van der Waals surface area contributed by atoms with Gasteiger partial charge >= 0.3 is 0 Å². The first-order chi connectivity index (χ1) is 10.6. The highest BCUT2D eigenvalue weighted by atomic mass is 35.5. The number of hydrogen-bond donors (Lipinski definition) is 2. The molecule has 1 aromatic heterocycles. The van der Waals surface area contributed by atoms with Gasteiger partial charge in [0.15, 0.2) is 0 Å². The van der Waals surface area contributed by atoms with Crippen molar-refractivity contribution < 1.29 is 5.48 Å². The van der Waals surface area contributed by atoms with Crippen molar-refractivity contribution in [2.24, 2.45) is 0 Å². The Morgan fingerprint density at radius 3 is 2.60 bits per heavy atom. The van der Waals surface area contributed by atoms with Crippen molar-refractivity contribution in [3.63, 3.8) is 0 Å². The van der Waals surface area contributed by atoms with Gasteiger partial charge in [-0.1, -0.05) is 19.1 Å². The first-order valence-electron chi connectivity index (χ1n) is 7.83. The van der Waals surface area contributed by atoms with Crippen LogP contribution >= 0.6 is 24.8 Å². The molecule has 0 radical (unpaired) electrons. The minimum atomic E-state index is 0. The lowest BCUT2D eigenvalue weighted by Crippen LogP contribution is -2.30. The fourth-order valence-corrected chi connectivity index (χ4v) is 3.14. The highest BCUT2D eigenvalue weighted by Gasteiger charge is 2.21. The predicted molar refractivity (Wildman–Crippen MR) is 109 cm³/mol. The molecule has 1 unspecified atom stereocenters. The lowest BCUT2D eigenvalue weighted by molar-refractivity contribution is 0.618. The third-order valence-electron chi connectivity index (χ3n) is 4.49. The number of hydrogen-bond acceptors (Lipinski definition) is 5. The monoisotopic (exact) mass is 387 g/mol. The third-order valence-corrected chi connectivity index (χ3v) is 4.49. The number of halogens is 2. The van der Waals surface area contributed by atoms with E-state index in [4.69, 9.17) is 11.5 Å². The molecule has 0 saturated heterocycles. The number of nitrogens with two attached hydrogens (primary N) is 2. The van der Waals surface area contributed by atoms with Crippen LogP contribution in [0, 0.1) is 0 Å². The average Bonchev–Trinajstić information content (AvgIpc) is 2.51. The molecule has 3 rings (SSSR count). The van der Waals surface area contributed by atoms with E-state index in [0.717, 1.165) is 25.1 Å². The summed E-state index contributed by atoms with van der Waals surface area (Å²) in [6.07, 6.45) is 3.66. The standard InChI is InChI=1S/C17H23N5.2ClH.H2O/c1-3-22-7-6-11(2)14-9-12(4-5-15(14)22)8-13-10-20-17(19)21-16(13)18;;;/h4-5,9-11H,3,6-8H2,1-2H3,(H4,18,19,20,21);2*1H;1H2. The van der Waals surface area contributed by atoms with E-state index in [-0.39, 0.29) is 36.2 Å². The average molecular weight is 388 g/mol. The zero-order valence-corrected chi connectivity index (χ0v) is 16.2. The van der Waals surface area contributed by atoms with E-state index in [9.17, 15) is 0 Å². The zero-order chi connectivity index (χ0) is 15.7. The minimum Gasteiger partial charge on any atom is -0.412 e. The van der Waals surface area contributed by atoms with Crippen LogP contribution in [0.2, 0.25) is 0 Å². The molecular weight excluding hydrogens is 361 g/mol. The summed E-state index contributed by atoms with van der Waals surface area (Å²) in [6, 6.07) is 6.71. The van der Waals surface area contributed by atoms with Gasteiger partial charge in [-0.2, -0.15) is 4.98 Å². The van der Waals surface area contributed by atoms with Crippen molar-refractivity contribution in [2.45, 2.75) is 32.6 Å². The molecule has 0 saturated carbocycles. The molecule has 0 amide bonds. The van der Waals surface area contributed by atoms with Crippen LogP contribution in [0.4, 0.5) is 17.5 Å². The number of aromatic nitrogens is 2. The normalized spacial score (nSPS) is 15.3. The van der Waals surface area contributed by atoms with Crippen LogP contribution in [0.3, 0.4) is 0 Å². The molecule has 6 nitrogen and oxygen atoms in total. The summed E-state index contributed by atoms with van der Waals surface area (Å²) in [6.45, 7) is 6.71. The Bertz CT molecular complexity index is 699. The predicted octanol–water partition coefficient (Wildman–Crippen LogP) is 2.58. The van der Waals surface area contributed by atoms with Gasteiger partial charge in [0.2, 0.25) is 5.95 Å². The molecular formula is C17H27Cl2N5O. The Balaban J connectivity index is 0.00000192. The van der Waals surface area contributed by atoms with E-state index < -0.39 is 0 Å². The summed E-state index contributed by atoms with van der Waals surface area (Å²) >= 11 is 0. The molecule has 0 fully saturated rings. The maximum atomic E-state index is 5.94. The third kappa shape index (κ3) is 4.87. The molecule has 140 valence electrons. The first-order valence-corrected chi connectivity index (χ1v) is 7.83. The van der Waals surface area contributed by atoms with Crippen LogP contribution in [0.1, 0.15) is 42.9 Å². The highest BCUT2D eigenvalue weighted by Crippen LogP contribution is 2.35. The summed E-state index contributed by atoms with van der Waals surface area (Å²) in [5.41, 5.74) is 16.5. The van der Waals surface area contributed by atoms with Gasteiger partial charge < -0.3 is 21.8 Å². The van der Waals surface area contributed by atoms with Gasteiger partial charge in [0.05, 0.1) is 0 Å². The molecule has 1 aliphatic heterocycles. The topological polar surface area (TPSA) is 113 Å². The van der Waals surface area contributed by atoms with E-state index in [1.807, 2.05) is 0 Å². The van der Waals surface area contributed by atoms with Crippen LogP contribution in [0.15, 0.2) is 24.4 Å². The second-order valence-corrected chi connectivity index (χ2v) is 5.98. The van der Waals surface area contributed by atoms with E-state index >= 15 is 0 Å². The number of nitrogen functional groups attached to an aromatic ring is 2. The molecule has 8 heteroatoms. The lowest BCUT2D eigenvalue weighted by atomic mass is 9.89. The number of anilines is 3. The van der Waals surface area contributed by atoms with Crippen molar-refractivity contribution in [2.75, 3.05) is 29.5 Å². The fourth-order valence-electron chi connectivity index (χ4n) is 3.14. The van der Waals surface area contributed by atoms with Crippen molar-refractivity contribution in [3.05, 3.63) is 41.1 Å². The van der Waals surface area contributed by atoms with Gasteiger partial charge in [0.1, 0.15) is 5.82 Å². The quantitative estimate of drug-likeness (QED) is 0.839. The zero-order valence-electron chi connectivity index (χ0n) is 14.5. The van der Waals surface area contributed by atoms with Crippen LogP contribution < -0.4 is 16.4 Å². The molecule has 25 heavy (non-hydrogen) atoms. The van der Waals surface area contributed by atoms with Gasteiger partial charge in [-0.3, -0.25) is 0 Å². The Morgan fingerprint density at radius 2 is 1.96 bits per heavy atom. The largest absolute Gasteiger partial charge is 0.412 e. The van der Waals surface area contributed by atoms with Gasteiger partial charge in [0.25, 0.3) is 0 Å². The number of nitrogens with zero attached hydrogens (tertiary/aromatic N) is 3. The summed E-state index contributed by atoms with van der Waals surface area (Å²) < 4.78 is 0. The van der Waals surface area contributed by atoms with Crippen molar-refractivity contribution in [1.82, 2.24) is 9.97 Å². The lowest BCUT2D eigenvalue weighted by Gasteiger charge is -2.34. The molecule has 0 bridgehead atoms. The number of benzene rings is 1. The number of fused-ring (bicyclic) bond motifs is 1. The van der Waals surface area contributed by atoms with Crippen LogP contribution in [-0.4, -0.2) is 28.5 Å². The maximum absolute atomic E-state index is 5.94. The van der Waals surface area contributed by atoms with Crippen LogP contribution in [0.25, 0.3) is 0 Å². The van der Waals surface area contributed by atoms with Gasteiger partial charge in [-0.15, -0.1) is 24.8 Å². The van der Waals surface area contributed by atoms with Crippen LogP contribution in [0.5, 0.6) is 0 Å². The SMILES string of the molecule is CCN1CCC(C)c2cc(Cc3cnc(N)nc3N)ccc21.Cl.Cl.O. The molecule has 0 aliphatic carbocycles. The fraction of sp³-hybridized carbons (Fsp3) is 0.412. The van der Waals surface area contributed by atoms with E-state index in [0.29, 0.717) is 11.7 Å². The van der Waals surface area contributed by atoms with Crippen molar-refractivity contribution in [1.29, 1.82) is 0 Å². The van der Waals surface area contributed by atoms with E-state index in [1.165, 1.54) is 23.2 Å². The Labute approximate surface area is 161 Å². The minimum absolute atomic E-state index is 0. The van der Waals surface area contributed by atoms with Gasteiger partial charge in [-0.25, -0.2) is 4.98 Å². The van der Waals surface area contributed by atoms with Crippen molar-refractivity contribution >= 4 is 42.3 Å². The maximum Gasteiger partial charge on any atom is 0.221 e. The Morgan fingerprint density at radius 1 is 1.24 bits per heavy atom. The smallest absolute Gasteiger partial charge is 0.221 e. The van der Waals surface area contributed by atoms with E-state index in [1.54, 1.807) is 6.20 Å². The number of rotatable bonds is 3. The van der Waals surface area contributed by atoms with Crippen molar-refractivity contribution in [3.8, 4) is 0 Å². The summed E-state index contributed by atoms with van der Waals surface area (Å²) in [7, 11) is 0. The molecule has 0 spiro atoms. The Hall–Kier alpha value is -1.76. The van der Waals surface area contributed by atoms with Gasteiger partial charge in [-0.05, 0) is 36.5 Å². The first kappa shape index (κ1) is 23.2. The summed E-state index contributed by atoms with van der Waals surface area (Å²) in [4.78, 5) is 10.5. The molecule has 2 aromatic rings. The molecule has 1 aliphatic rings. The van der Waals surface area contributed by atoms with E-state index in [2.05, 4.69) is 46.9 Å². The molecule has 6 N–H and O–H groups in total. The Kier molecular flexibility index (Phi) is 8.97. The second kappa shape index (κ2) is 9.65. The van der Waals surface area contributed by atoms with Gasteiger partial charge in [0, 0.05) is 37.0 Å². The summed E-state index contributed by atoms with van der Waals surface area (Å²) in [5.74, 6) is 1.28. The van der Waals surface area contributed by atoms with Crippen LogP contribution in [-0.2, 0) is 6.42 Å². The molecule has 2 heterocycles. The molecule has 1 atom stereocenters. The highest BCUT2D eigenvalue weighted by molar-refractivity contribution is 5.85.